The van der Waals surface area contributed by atoms with Crippen LogP contribution in [0, 0.1) is 6.92 Å². The molecule has 3 aromatic rings. The Labute approximate surface area is 196 Å². The number of carbonyl (C=O) groups excluding carboxylic acids is 2. The number of nitrogens with zero attached hydrogens (tertiary/aromatic N) is 2. The van der Waals surface area contributed by atoms with Crippen molar-refractivity contribution < 1.29 is 23.9 Å². The van der Waals surface area contributed by atoms with Gasteiger partial charge in [0.2, 0.25) is 11.8 Å². The average Bonchev–Trinajstić information content (AvgIpc) is 3.22. The molecule has 1 aliphatic rings. The standard InChI is InChI=1S/C25H26N4O5/c1-16-4-2-3-5-20(16)28-25(33)27-18-8-6-17(7-9-18)14-22(30)29-13-12-21(29)24-26-15-19(34-24)10-11-23(31)32/h2-9,15,21H,10-14H2,1H3,(H,31,32)(H2,27,28,33). The SMILES string of the molecule is Cc1ccccc1NC(=O)Nc1ccc(CC(=O)N2CCC2c2ncc(CCC(=O)O)o2)cc1. The number of anilines is 2. The number of carboxylic acid groups (broad SMARTS) is 1. The lowest BCUT2D eigenvalue weighted by molar-refractivity contribution is -0.139. The summed E-state index contributed by atoms with van der Waals surface area (Å²) < 4.78 is 5.66. The zero-order valence-corrected chi connectivity index (χ0v) is 18.8. The molecule has 0 spiro atoms. The van der Waals surface area contributed by atoms with Crippen molar-refractivity contribution in [2.45, 2.75) is 38.6 Å². The number of aromatic nitrogens is 1. The van der Waals surface area contributed by atoms with Crippen LogP contribution in [0.25, 0.3) is 0 Å². The van der Waals surface area contributed by atoms with E-state index in [1.807, 2.05) is 43.3 Å². The van der Waals surface area contributed by atoms with Crippen LogP contribution in [0.3, 0.4) is 0 Å². The molecule has 1 fully saturated rings. The number of rotatable bonds is 8. The van der Waals surface area contributed by atoms with E-state index in [9.17, 15) is 14.4 Å². The molecule has 9 heteroatoms. The molecule has 0 saturated carbocycles. The third kappa shape index (κ3) is 5.61. The average molecular weight is 463 g/mol. The largest absolute Gasteiger partial charge is 0.481 e. The first-order valence-electron chi connectivity index (χ1n) is 11.1. The van der Waals surface area contributed by atoms with Gasteiger partial charge in [0, 0.05) is 24.3 Å². The molecule has 0 radical (unpaired) electrons. The van der Waals surface area contributed by atoms with E-state index in [0.29, 0.717) is 23.9 Å². The van der Waals surface area contributed by atoms with E-state index in [2.05, 4.69) is 15.6 Å². The van der Waals surface area contributed by atoms with E-state index in [4.69, 9.17) is 9.52 Å². The third-order valence-electron chi connectivity index (χ3n) is 5.74. The van der Waals surface area contributed by atoms with E-state index >= 15 is 0 Å². The van der Waals surface area contributed by atoms with E-state index < -0.39 is 5.97 Å². The fourth-order valence-corrected chi connectivity index (χ4v) is 3.74. The number of amides is 3. The third-order valence-corrected chi connectivity index (χ3v) is 5.74. The summed E-state index contributed by atoms with van der Waals surface area (Å²) in [6, 6.07) is 14.1. The van der Waals surface area contributed by atoms with E-state index in [1.54, 1.807) is 17.0 Å². The Balaban J connectivity index is 1.29. The van der Waals surface area contributed by atoms with Crippen LogP contribution in [0.15, 0.2) is 59.1 Å². The minimum Gasteiger partial charge on any atom is -0.481 e. The van der Waals surface area contributed by atoms with Crippen molar-refractivity contribution in [2.24, 2.45) is 0 Å². The Kier molecular flexibility index (Phi) is 6.91. The summed E-state index contributed by atoms with van der Waals surface area (Å²) in [5.41, 5.74) is 3.16. The van der Waals surface area contributed by atoms with Gasteiger partial charge in [0.1, 0.15) is 11.8 Å². The number of likely N-dealkylation sites (tertiary alicyclic amines) is 1. The predicted molar refractivity (Wildman–Crippen MR) is 125 cm³/mol. The zero-order valence-electron chi connectivity index (χ0n) is 18.8. The molecule has 1 atom stereocenters. The summed E-state index contributed by atoms with van der Waals surface area (Å²) in [6.07, 6.45) is 2.75. The van der Waals surface area contributed by atoms with Crippen molar-refractivity contribution in [3.63, 3.8) is 0 Å². The summed E-state index contributed by atoms with van der Waals surface area (Å²) in [7, 11) is 0. The monoisotopic (exact) mass is 462 g/mol. The van der Waals surface area contributed by atoms with Crippen molar-refractivity contribution in [3.05, 3.63) is 77.5 Å². The zero-order chi connectivity index (χ0) is 24.1. The van der Waals surface area contributed by atoms with Gasteiger partial charge in [0.05, 0.1) is 19.0 Å². The van der Waals surface area contributed by atoms with E-state index in [0.717, 1.165) is 23.2 Å². The predicted octanol–water partition coefficient (Wildman–Crippen LogP) is 4.16. The van der Waals surface area contributed by atoms with Crippen molar-refractivity contribution in [1.29, 1.82) is 0 Å². The summed E-state index contributed by atoms with van der Waals surface area (Å²) in [5, 5.41) is 14.4. The summed E-state index contributed by atoms with van der Waals surface area (Å²) in [5.74, 6) is 0.0107. The highest BCUT2D eigenvalue weighted by atomic mass is 16.4. The minimum atomic E-state index is -0.897. The first kappa shape index (κ1) is 23.0. The number of oxazole rings is 1. The van der Waals surface area contributed by atoms with Crippen molar-refractivity contribution in [2.75, 3.05) is 17.2 Å². The van der Waals surface area contributed by atoms with E-state index in [-0.39, 0.29) is 37.2 Å². The maximum absolute atomic E-state index is 12.8. The maximum Gasteiger partial charge on any atom is 0.323 e. The van der Waals surface area contributed by atoms with Gasteiger partial charge in [-0.3, -0.25) is 9.59 Å². The molecular weight excluding hydrogens is 436 g/mol. The van der Waals surface area contributed by atoms with Gasteiger partial charge in [0.25, 0.3) is 0 Å². The molecule has 34 heavy (non-hydrogen) atoms. The smallest absolute Gasteiger partial charge is 0.323 e. The molecule has 3 N–H and O–H groups in total. The first-order valence-corrected chi connectivity index (χ1v) is 11.1. The first-order chi connectivity index (χ1) is 16.4. The summed E-state index contributed by atoms with van der Waals surface area (Å²) >= 11 is 0. The van der Waals surface area contributed by atoms with Crippen LogP contribution in [0.4, 0.5) is 16.2 Å². The van der Waals surface area contributed by atoms with Gasteiger partial charge in [-0.15, -0.1) is 0 Å². The molecule has 1 saturated heterocycles. The minimum absolute atomic E-state index is 0.0274. The molecule has 2 heterocycles. The highest BCUT2D eigenvalue weighted by molar-refractivity contribution is 6.00. The summed E-state index contributed by atoms with van der Waals surface area (Å²) in [6.45, 7) is 2.54. The van der Waals surface area contributed by atoms with Crippen LogP contribution >= 0.6 is 0 Å². The second kappa shape index (κ2) is 10.2. The van der Waals surface area contributed by atoms with Gasteiger partial charge < -0.3 is 25.1 Å². The molecule has 0 bridgehead atoms. The van der Waals surface area contributed by atoms with E-state index in [1.165, 1.54) is 6.20 Å². The molecule has 9 nitrogen and oxygen atoms in total. The second-order valence-corrected chi connectivity index (χ2v) is 8.22. The highest BCUT2D eigenvalue weighted by Crippen LogP contribution is 2.33. The van der Waals surface area contributed by atoms with Crippen LogP contribution in [-0.4, -0.2) is 39.4 Å². The van der Waals surface area contributed by atoms with Gasteiger partial charge in [-0.05, 0) is 42.7 Å². The Hall–Kier alpha value is -4.14. The fourth-order valence-electron chi connectivity index (χ4n) is 3.74. The molecule has 176 valence electrons. The molecule has 3 amide bonds. The van der Waals surface area contributed by atoms with Gasteiger partial charge in [-0.25, -0.2) is 9.78 Å². The number of aryl methyl sites for hydroxylation is 2. The number of aliphatic carboxylic acids is 1. The van der Waals surface area contributed by atoms with Crippen LogP contribution in [-0.2, 0) is 22.4 Å². The van der Waals surface area contributed by atoms with Gasteiger partial charge in [-0.1, -0.05) is 30.3 Å². The molecule has 1 aliphatic heterocycles. The van der Waals surface area contributed by atoms with Crippen molar-refractivity contribution >= 4 is 29.3 Å². The fraction of sp³-hybridized carbons (Fsp3) is 0.280. The number of hydrogen-bond donors (Lipinski definition) is 3. The number of nitrogens with one attached hydrogen (secondary N) is 2. The van der Waals surface area contributed by atoms with Crippen LogP contribution in [0.5, 0.6) is 0 Å². The lowest BCUT2D eigenvalue weighted by Crippen LogP contribution is -2.46. The Morgan fingerprint density at radius 2 is 1.88 bits per heavy atom. The number of benzene rings is 2. The Morgan fingerprint density at radius 1 is 1.12 bits per heavy atom. The number of para-hydroxylation sites is 1. The van der Waals surface area contributed by atoms with Gasteiger partial charge >= 0.3 is 12.0 Å². The molecule has 0 aliphatic carbocycles. The molecular formula is C25H26N4O5. The number of hydrogen-bond acceptors (Lipinski definition) is 5. The molecule has 1 unspecified atom stereocenters. The Bertz CT molecular complexity index is 1190. The van der Waals surface area contributed by atoms with Crippen LogP contribution in [0.1, 0.15) is 41.7 Å². The number of urea groups is 1. The lowest BCUT2D eigenvalue weighted by atomic mass is 10.0. The topological polar surface area (TPSA) is 125 Å². The number of carbonyl (C=O) groups is 3. The second-order valence-electron chi connectivity index (χ2n) is 8.22. The lowest BCUT2D eigenvalue weighted by Gasteiger charge is -2.39. The quantitative estimate of drug-likeness (QED) is 0.462. The van der Waals surface area contributed by atoms with Crippen molar-refractivity contribution in [3.8, 4) is 0 Å². The molecule has 1 aromatic heterocycles. The van der Waals surface area contributed by atoms with Crippen LogP contribution < -0.4 is 10.6 Å². The summed E-state index contributed by atoms with van der Waals surface area (Å²) in [4.78, 5) is 41.7. The molecule has 2 aromatic carbocycles. The van der Waals surface area contributed by atoms with Crippen molar-refractivity contribution in [1.82, 2.24) is 9.88 Å². The molecule has 4 rings (SSSR count). The number of carboxylic acids is 1. The maximum atomic E-state index is 12.8. The van der Waals surface area contributed by atoms with Gasteiger partial charge in [-0.2, -0.15) is 0 Å². The Morgan fingerprint density at radius 3 is 2.56 bits per heavy atom. The van der Waals surface area contributed by atoms with Gasteiger partial charge in [0.15, 0.2) is 0 Å². The highest BCUT2D eigenvalue weighted by Gasteiger charge is 2.36. The van der Waals surface area contributed by atoms with Crippen LogP contribution in [0.2, 0.25) is 0 Å². The normalized spacial score (nSPS) is 14.9.